The first-order chi connectivity index (χ1) is 11.6. The Morgan fingerprint density at radius 2 is 1.92 bits per heavy atom. The predicted molar refractivity (Wildman–Crippen MR) is 98.7 cm³/mol. The third-order valence-corrected chi connectivity index (χ3v) is 4.81. The van der Waals surface area contributed by atoms with Crippen molar-refractivity contribution in [1.29, 1.82) is 0 Å². The minimum atomic E-state index is -0.498. The number of halogens is 1. The number of piperidine rings is 1. The molecule has 1 saturated heterocycles. The van der Waals surface area contributed by atoms with Crippen LogP contribution in [0.4, 0.5) is 4.79 Å². The zero-order chi connectivity index (χ0) is 18.8. The lowest BCUT2D eigenvalue weighted by Crippen LogP contribution is -2.47. The molecule has 0 spiro atoms. The zero-order valence-corrected chi connectivity index (χ0v) is 17.1. The number of hydrogen-bond donors (Lipinski definition) is 2. The third kappa shape index (κ3) is 5.20. The Kier molecular flexibility index (Phi) is 6.13. The average molecular weight is 415 g/mol. The summed E-state index contributed by atoms with van der Waals surface area (Å²) >= 11 is 3.45. The number of amides is 2. The predicted octanol–water partition coefficient (Wildman–Crippen LogP) is 3.42. The molecule has 0 aliphatic carbocycles. The van der Waals surface area contributed by atoms with Crippen LogP contribution in [0.25, 0.3) is 0 Å². The van der Waals surface area contributed by atoms with Crippen LogP contribution in [0.3, 0.4) is 0 Å². The van der Waals surface area contributed by atoms with Gasteiger partial charge in [-0.25, -0.2) is 4.79 Å². The minimum Gasteiger partial charge on any atom is -0.444 e. The molecule has 25 heavy (non-hydrogen) atoms. The van der Waals surface area contributed by atoms with Crippen molar-refractivity contribution >= 4 is 27.9 Å². The number of carbonyl (C=O) groups is 2. The Labute approximate surface area is 157 Å². The van der Waals surface area contributed by atoms with E-state index in [9.17, 15) is 9.59 Å². The molecule has 2 amide bonds. The zero-order valence-electron chi connectivity index (χ0n) is 15.5. The molecule has 1 fully saturated rings. The Hall–Kier alpha value is -1.57. The molecule has 0 saturated carbocycles. The number of likely N-dealkylation sites (tertiary alicyclic amines) is 1. The van der Waals surface area contributed by atoms with Crippen LogP contribution >= 0.6 is 15.9 Å². The fraction of sp³-hybridized carbons (Fsp3) is 0.706. The summed E-state index contributed by atoms with van der Waals surface area (Å²) in [7, 11) is 0. The van der Waals surface area contributed by atoms with Gasteiger partial charge >= 0.3 is 6.09 Å². The van der Waals surface area contributed by atoms with Gasteiger partial charge in [-0.05, 0) is 55.5 Å². The van der Waals surface area contributed by atoms with Crippen LogP contribution in [0.1, 0.15) is 69.6 Å². The van der Waals surface area contributed by atoms with Crippen molar-refractivity contribution in [3.8, 4) is 0 Å². The smallest absolute Gasteiger partial charge is 0.410 e. The molecule has 2 N–H and O–H groups in total. The van der Waals surface area contributed by atoms with Gasteiger partial charge < -0.3 is 15.0 Å². The summed E-state index contributed by atoms with van der Waals surface area (Å²) in [4.78, 5) is 26.2. The highest BCUT2D eigenvalue weighted by molar-refractivity contribution is 9.10. The fourth-order valence-electron chi connectivity index (χ4n) is 2.66. The molecular formula is C17H27BrN4O3. The Bertz CT molecular complexity index is 628. The highest BCUT2D eigenvalue weighted by Gasteiger charge is 2.28. The van der Waals surface area contributed by atoms with E-state index in [4.69, 9.17) is 4.74 Å². The van der Waals surface area contributed by atoms with E-state index in [0.717, 1.165) is 5.69 Å². The molecule has 2 heterocycles. The van der Waals surface area contributed by atoms with Gasteiger partial charge in [0.1, 0.15) is 5.60 Å². The molecule has 0 aromatic carbocycles. The maximum atomic E-state index is 12.4. The SMILES string of the molecule is CC(C)c1[nH]nc(C(=O)NC2CCN(C(=O)OC(C)(C)C)CC2)c1Br. The fourth-order valence-corrected chi connectivity index (χ4v) is 3.48. The molecular weight excluding hydrogens is 388 g/mol. The number of aromatic amines is 1. The Morgan fingerprint density at radius 3 is 2.40 bits per heavy atom. The highest BCUT2D eigenvalue weighted by Crippen LogP contribution is 2.25. The molecule has 1 aliphatic rings. The lowest BCUT2D eigenvalue weighted by molar-refractivity contribution is 0.0199. The van der Waals surface area contributed by atoms with E-state index in [-0.39, 0.29) is 24.0 Å². The molecule has 1 aliphatic heterocycles. The van der Waals surface area contributed by atoms with Gasteiger partial charge in [-0.2, -0.15) is 5.10 Å². The van der Waals surface area contributed by atoms with E-state index in [1.54, 1.807) is 4.90 Å². The normalized spacial score (nSPS) is 16.2. The van der Waals surface area contributed by atoms with Crippen LogP contribution in [0.15, 0.2) is 4.47 Å². The standard InChI is InChI=1S/C17H27BrN4O3/c1-10(2)13-12(18)14(21-20-13)15(23)19-11-6-8-22(9-7-11)16(24)25-17(3,4)5/h10-11H,6-9H2,1-5H3,(H,19,23)(H,20,21). The second-order valence-electron chi connectivity index (χ2n) is 7.67. The first kappa shape index (κ1) is 19.8. The number of aromatic nitrogens is 2. The number of hydrogen-bond acceptors (Lipinski definition) is 4. The summed E-state index contributed by atoms with van der Waals surface area (Å²) in [5.74, 6) is 0.0474. The summed E-state index contributed by atoms with van der Waals surface area (Å²) in [6, 6.07) is 0.0253. The van der Waals surface area contributed by atoms with E-state index >= 15 is 0 Å². The van der Waals surface area contributed by atoms with Gasteiger partial charge in [0, 0.05) is 19.1 Å². The summed E-state index contributed by atoms with van der Waals surface area (Å²) in [5.41, 5.74) is 0.783. The summed E-state index contributed by atoms with van der Waals surface area (Å²) in [6.45, 7) is 10.8. The van der Waals surface area contributed by atoms with Gasteiger partial charge in [-0.3, -0.25) is 9.89 Å². The van der Waals surface area contributed by atoms with Crippen molar-refractivity contribution in [2.75, 3.05) is 13.1 Å². The molecule has 0 atom stereocenters. The number of nitrogens with zero attached hydrogens (tertiary/aromatic N) is 2. The second-order valence-corrected chi connectivity index (χ2v) is 8.46. The van der Waals surface area contributed by atoms with Crippen LogP contribution in [0.2, 0.25) is 0 Å². The van der Waals surface area contributed by atoms with Crippen LogP contribution in [0.5, 0.6) is 0 Å². The van der Waals surface area contributed by atoms with Gasteiger partial charge in [-0.15, -0.1) is 0 Å². The summed E-state index contributed by atoms with van der Waals surface area (Å²) < 4.78 is 6.10. The number of H-pyrrole nitrogens is 1. The van der Waals surface area contributed by atoms with Crippen LogP contribution in [0, 0.1) is 0 Å². The van der Waals surface area contributed by atoms with E-state index in [0.29, 0.717) is 36.1 Å². The van der Waals surface area contributed by atoms with Gasteiger partial charge in [0.25, 0.3) is 5.91 Å². The Morgan fingerprint density at radius 1 is 1.32 bits per heavy atom. The number of rotatable bonds is 3. The monoisotopic (exact) mass is 414 g/mol. The molecule has 140 valence electrons. The molecule has 1 aromatic rings. The quantitative estimate of drug-likeness (QED) is 0.792. The molecule has 1 aromatic heterocycles. The van der Waals surface area contributed by atoms with Crippen molar-refractivity contribution in [3.63, 3.8) is 0 Å². The number of nitrogens with one attached hydrogen (secondary N) is 2. The van der Waals surface area contributed by atoms with E-state index < -0.39 is 5.60 Å². The first-order valence-corrected chi connectivity index (χ1v) is 9.40. The third-order valence-electron chi connectivity index (χ3n) is 4.01. The van der Waals surface area contributed by atoms with Crippen molar-refractivity contribution in [3.05, 3.63) is 15.9 Å². The van der Waals surface area contributed by atoms with E-state index in [1.165, 1.54) is 0 Å². The van der Waals surface area contributed by atoms with E-state index in [1.807, 2.05) is 34.6 Å². The second kappa shape index (κ2) is 7.76. The maximum Gasteiger partial charge on any atom is 0.410 e. The average Bonchev–Trinajstić information content (AvgIpc) is 2.88. The Balaban J connectivity index is 1.88. The molecule has 7 nitrogen and oxygen atoms in total. The largest absolute Gasteiger partial charge is 0.444 e. The van der Waals surface area contributed by atoms with Crippen molar-refractivity contribution in [1.82, 2.24) is 20.4 Å². The number of ether oxygens (including phenoxy) is 1. The molecule has 0 bridgehead atoms. The van der Waals surface area contributed by atoms with Crippen LogP contribution in [-0.2, 0) is 4.74 Å². The number of carbonyl (C=O) groups excluding carboxylic acids is 2. The molecule has 0 radical (unpaired) electrons. The summed E-state index contributed by atoms with van der Waals surface area (Å²) in [6.07, 6.45) is 1.10. The first-order valence-electron chi connectivity index (χ1n) is 8.61. The van der Waals surface area contributed by atoms with Crippen LogP contribution < -0.4 is 5.32 Å². The van der Waals surface area contributed by atoms with Gasteiger partial charge in [0.05, 0.1) is 10.2 Å². The lowest BCUT2D eigenvalue weighted by atomic mass is 10.1. The van der Waals surface area contributed by atoms with Gasteiger partial charge in [0.2, 0.25) is 0 Å². The molecule has 8 heteroatoms. The lowest BCUT2D eigenvalue weighted by Gasteiger charge is -2.33. The van der Waals surface area contributed by atoms with Crippen LogP contribution in [-0.4, -0.2) is 51.8 Å². The minimum absolute atomic E-state index is 0.0253. The van der Waals surface area contributed by atoms with E-state index in [2.05, 4.69) is 31.4 Å². The molecule has 0 unspecified atom stereocenters. The topological polar surface area (TPSA) is 87.3 Å². The molecule has 2 rings (SSSR count). The van der Waals surface area contributed by atoms with Gasteiger partial charge in [0.15, 0.2) is 5.69 Å². The van der Waals surface area contributed by atoms with Crippen molar-refractivity contribution < 1.29 is 14.3 Å². The summed E-state index contributed by atoms with van der Waals surface area (Å²) in [5, 5.41) is 10.0. The van der Waals surface area contributed by atoms with Crippen molar-refractivity contribution in [2.45, 2.75) is 65.0 Å². The highest BCUT2D eigenvalue weighted by atomic mass is 79.9. The van der Waals surface area contributed by atoms with Gasteiger partial charge in [-0.1, -0.05) is 13.8 Å². The maximum absolute atomic E-state index is 12.4. The van der Waals surface area contributed by atoms with Crippen molar-refractivity contribution in [2.24, 2.45) is 0 Å².